The van der Waals surface area contributed by atoms with Crippen molar-refractivity contribution in [3.05, 3.63) is 29.8 Å². The third-order valence-corrected chi connectivity index (χ3v) is 4.19. The summed E-state index contributed by atoms with van der Waals surface area (Å²) < 4.78 is 24.5. The Kier molecular flexibility index (Phi) is 4.76. The lowest BCUT2D eigenvalue weighted by atomic mass is 10.1. The Morgan fingerprint density at radius 2 is 1.83 bits per heavy atom. The van der Waals surface area contributed by atoms with Crippen molar-refractivity contribution in [2.24, 2.45) is 0 Å². The molecule has 0 radical (unpaired) electrons. The van der Waals surface area contributed by atoms with Crippen molar-refractivity contribution in [1.29, 1.82) is 0 Å². The quantitative estimate of drug-likeness (QED) is 0.781. The molecule has 100 valence electrons. The van der Waals surface area contributed by atoms with Gasteiger partial charge in [-0.05, 0) is 42.6 Å². The highest BCUT2D eigenvalue weighted by Crippen LogP contribution is 2.22. The van der Waals surface area contributed by atoms with Crippen LogP contribution in [0, 0.1) is 0 Å². The number of hydrogen-bond acceptors (Lipinski definition) is 3. The van der Waals surface area contributed by atoms with E-state index in [-0.39, 0.29) is 0 Å². The predicted octanol–water partition coefficient (Wildman–Crippen LogP) is 2.17. The van der Waals surface area contributed by atoms with Gasteiger partial charge in [-0.15, -0.1) is 0 Å². The highest BCUT2D eigenvalue weighted by molar-refractivity contribution is 7.92. The fourth-order valence-corrected chi connectivity index (χ4v) is 3.00. The molecule has 0 bridgehead atoms. The maximum atomic E-state index is 11.7. The van der Waals surface area contributed by atoms with Gasteiger partial charge in [0.2, 0.25) is 15.3 Å². The summed E-state index contributed by atoms with van der Waals surface area (Å²) in [6.07, 6.45) is 1.92. The number of hydrogen-bond donors (Lipinski definition) is 0. The van der Waals surface area contributed by atoms with Gasteiger partial charge in [0, 0.05) is 0 Å². The molecule has 4 nitrogen and oxygen atoms in total. The van der Waals surface area contributed by atoms with Gasteiger partial charge in [-0.1, -0.05) is 19.1 Å². The topological polar surface area (TPSA) is 54.5 Å². The first-order chi connectivity index (χ1) is 8.27. The van der Waals surface area contributed by atoms with Crippen LogP contribution in [-0.2, 0) is 21.2 Å². The smallest absolute Gasteiger partial charge is 0.245 e. The second-order valence-electron chi connectivity index (χ2n) is 4.06. The van der Waals surface area contributed by atoms with Gasteiger partial charge in [-0.2, -0.15) is 0 Å². The molecule has 0 spiro atoms. The molecule has 0 aromatic heterocycles. The van der Waals surface area contributed by atoms with E-state index in [0.717, 1.165) is 22.5 Å². The summed E-state index contributed by atoms with van der Waals surface area (Å²) in [5.41, 5.74) is 1.54. The Labute approximate surface area is 113 Å². The second-order valence-corrected chi connectivity index (χ2v) is 6.29. The summed E-state index contributed by atoms with van der Waals surface area (Å²) in [5, 5.41) is -0.708. The Morgan fingerprint density at radius 1 is 1.33 bits per heavy atom. The van der Waals surface area contributed by atoms with Gasteiger partial charge in [0.15, 0.2) is 0 Å². The molecule has 1 aromatic rings. The lowest BCUT2D eigenvalue weighted by molar-refractivity contribution is -0.112. The van der Waals surface area contributed by atoms with E-state index in [1.165, 1.54) is 6.92 Å². The molecule has 0 aliphatic carbocycles. The number of halogens is 1. The van der Waals surface area contributed by atoms with Crippen molar-refractivity contribution in [1.82, 2.24) is 0 Å². The third kappa shape index (κ3) is 3.46. The highest BCUT2D eigenvalue weighted by Gasteiger charge is 2.27. The number of benzene rings is 1. The second kappa shape index (κ2) is 5.71. The summed E-state index contributed by atoms with van der Waals surface area (Å²) in [6, 6.07) is 6.10. The molecule has 1 atom stereocenters. The minimum Gasteiger partial charge on any atom is -0.279 e. The van der Waals surface area contributed by atoms with Crippen molar-refractivity contribution in [3.8, 4) is 0 Å². The van der Waals surface area contributed by atoms with Crippen molar-refractivity contribution in [2.45, 2.75) is 26.3 Å². The van der Waals surface area contributed by atoms with Crippen LogP contribution in [0.3, 0.4) is 0 Å². The number of nitrogens with zero attached hydrogens (tertiary/aromatic N) is 1. The number of sulfonamides is 1. The molecule has 6 heteroatoms. The van der Waals surface area contributed by atoms with Gasteiger partial charge in [0.1, 0.15) is 6.04 Å². The van der Waals surface area contributed by atoms with Crippen LogP contribution in [0.25, 0.3) is 0 Å². The monoisotopic (exact) mass is 289 g/mol. The van der Waals surface area contributed by atoms with Crippen molar-refractivity contribution in [2.75, 3.05) is 10.6 Å². The first kappa shape index (κ1) is 15.0. The molecule has 18 heavy (non-hydrogen) atoms. The zero-order valence-corrected chi connectivity index (χ0v) is 12.1. The SMILES string of the molecule is CCc1ccc(N(C(C)C(=O)Cl)S(C)(=O)=O)cc1. The number of aryl methyl sites for hydroxylation is 1. The molecule has 0 heterocycles. The summed E-state index contributed by atoms with van der Waals surface area (Å²) >= 11 is 5.39. The number of rotatable bonds is 5. The molecule has 0 saturated carbocycles. The molecule has 1 aromatic carbocycles. The van der Waals surface area contributed by atoms with E-state index in [2.05, 4.69) is 0 Å². The van der Waals surface area contributed by atoms with Crippen LogP contribution in [0.2, 0.25) is 0 Å². The average molecular weight is 290 g/mol. The fourth-order valence-electron chi connectivity index (χ4n) is 1.67. The van der Waals surface area contributed by atoms with Gasteiger partial charge in [-0.3, -0.25) is 9.10 Å². The Hall–Kier alpha value is -1.07. The Balaban J connectivity index is 3.22. The van der Waals surface area contributed by atoms with Crippen LogP contribution in [0.5, 0.6) is 0 Å². The summed E-state index contributed by atoms with van der Waals surface area (Å²) in [5.74, 6) is 0. The standard InChI is InChI=1S/C12H16ClNO3S/c1-4-10-5-7-11(8-6-10)14(18(3,16)17)9(2)12(13)15/h5-9H,4H2,1-3H3. The minimum atomic E-state index is -3.55. The molecular formula is C12H16ClNO3S. The minimum absolute atomic E-state index is 0.441. The van der Waals surface area contributed by atoms with Crippen LogP contribution < -0.4 is 4.31 Å². The van der Waals surface area contributed by atoms with E-state index in [1.807, 2.05) is 19.1 Å². The van der Waals surface area contributed by atoms with E-state index in [9.17, 15) is 13.2 Å². The van der Waals surface area contributed by atoms with Crippen molar-refractivity contribution >= 4 is 32.6 Å². The molecule has 0 saturated heterocycles. The average Bonchev–Trinajstić information content (AvgIpc) is 2.28. The van der Waals surface area contributed by atoms with Crippen molar-refractivity contribution in [3.63, 3.8) is 0 Å². The van der Waals surface area contributed by atoms with E-state index in [0.29, 0.717) is 5.69 Å². The summed E-state index contributed by atoms with van der Waals surface area (Å²) in [7, 11) is -3.55. The number of carbonyl (C=O) groups excluding carboxylic acids is 1. The fraction of sp³-hybridized carbons (Fsp3) is 0.417. The molecular weight excluding hydrogens is 274 g/mol. The van der Waals surface area contributed by atoms with Crippen LogP contribution in [0.4, 0.5) is 5.69 Å². The summed E-state index contributed by atoms with van der Waals surface area (Å²) in [6.45, 7) is 3.47. The zero-order chi connectivity index (χ0) is 13.9. The molecule has 1 unspecified atom stereocenters. The Bertz CT molecular complexity index is 525. The van der Waals surface area contributed by atoms with E-state index < -0.39 is 21.3 Å². The van der Waals surface area contributed by atoms with E-state index in [1.54, 1.807) is 12.1 Å². The normalized spacial score (nSPS) is 13.1. The van der Waals surface area contributed by atoms with Crippen LogP contribution in [0.15, 0.2) is 24.3 Å². The predicted molar refractivity (Wildman–Crippen MR) is 73.5 cm³/mol. The Morgan fingerprint density at radius 3 is 2.17 bits per heavy atom. The van der Waals surface area contributed by atoms with Gasteiger partial charge >= 0.3 is 0 Å². The molecule has 0 aliphatic rings. The molecule has 0 amide bonds. The zero-order valence-electron chi connectivity index (χ0n) is 10.6. The largest absolute Gasteiger partial charge is 0.279 e. The lowest BCUT2D eigenvalue weighted by Gasteiger charge is -2.26. The first-order valence-electron chi connectivity index (χ1n) is 5.55. The van der Waals surface area contributed by atoms with Gasteiger partial charge in [0.05, 0.1) is 11.9 Å². The summed E-state index contributed by atoms with van der Waals surface area (Å²) in [4.78, 5) is 11.2. The number of carbonyl (C=O) groups is 1. The van der Waals surface area contributed by atoms with Crippen molar-refractivity contribution < 1.29 is 13.2 Å². The highest BCUT2D eigenvalue weighted by atomic mass is 35.5. The molecule has 0 fully saturated rings. The maximum Gasteiger partial charge on any atom is 0.245 e. The van der Waals surface area contributed by atoms with E-state index in [4.69, 9.17) is 11.6 Å². The maximum absolute atomic E-state index is 11.7. The molecule has 1 rings (SSSR count). The van der Waals surface area contributed by atoms with E-state index >= 15 is 0 Å². The van der Waals surface area contributed by atoms with Gasteiger partial charge in [-0.25, -0.2) is 8.42 Å². The lowest BCUT2D eigenvalue weighted by Crippen LogP contribution is -2.41. The first-order valence-corrected chi connectivity index (χ1v) is 7.77. The number of anilines is 1. The van der Waals surface area contributed by atoms with Gasteiger partial charge in [0.25, 0.3) is 0 Å². The van der Waals surface area contributed by atoms with Crippen LogP contribution >= 0.6 is 11.6 Å². The third-order valence-electron chi connectivity index (χ3n) is 2.64. The van der Waals surface area contributed by atoms with Crippen LogP contribution in [-0.4, -0.2) is 26.0 Å². The van der Waals surface area contributed by atoms with Gasteiger partial charge < -0.3 is 0 Å². The van der Waals surface area contributed by atoms with Crippen LogP contribution in [0.1, 0.15) is 19.4 Å². The molecule has 0 aliphatic heterocycles. The molecule has 0 N–H and O–H groups in total.